The third-order valence-electron chi connectivity index (χ3n) is 4.00. The summed E-state index contributed by atoms with van der Waals surface area (Å²) in [5.41, 5.74) is 4.12. The number of ether oxygens (including phenoxy) is 1. The summed E-state index contributed by atoms with van der Waals surface area (Å²) in [6, 6.07) is 17.4. The van der Waals surface area contributed by atoms with Crippen molar-refractivity contribution in [2.45, 2.75) is 25.4 Å². The molecular formula is C19H21NO. The van der Waals surface area contributed by atoms with Crippen molar-refractivity contribution >= 4 is 0 Å². The summed E-state index contributed by atoms with van der Waals surface area (Å²) in [6.07, 6.45) is 4.12. The maximum atomic E-state index is 5.71. The van der Waals surface area contributed by atoms with Crippen LogP contribution in [-0.4, -0.2) is 6.61 Å². The van der Waals surface area contributed by atoms with Crippen molar-refractivity contribution in [2.75, 3.05) is 6.61 Å². The van der Waals surface area contributed by atoms with Crippen molar-refractivity contribution in [3.63, 3.8) is 0 Å². The molecule has 1 unspecified atom stereocenters. The van der Waals surface area contributed by atoms with E-state index in [4.69, 9.17) is 4.74 Å². The maximum Gasteiger partial charge on any atom is 0.124 e. The molecule has 0 amide bonds. The number of hydrogen-bond acceptors (Lipinski definition) is 2. The molecule has 1 aliphatic carbocycles. The molecule has 0 bridgehead atoms. The van der Waals surface area contributed by atoms with Gasteiger partial charge in [0.15, 0.2) is 0 Å². The van der Waals surface area contributed by atoms with Crippen LogP contribution in [-0.2, 0) is 13.0 Å². The maximum absolute atomic E-state index is 5.71. The topological polar surface area (TPSA) is 21.3 Å². The van der Waals surface area contributed by atoms with Crippen molar-refractivity contribution in [2.24, 2.45) is 0 Å². The fourth-order valence-electron chi connectivity index (χ4n) is 2.94. The zero-order valence-electron chi connectivity index (χ0n) is 12.2. The summed E-state index contributed by atoms with van der Waals surface area (Å²) in [4.78, 5) is 0. The minimum atomic E-state index is 0.452. The third-order valence-corrected chi connectivity index (χ3v) is 4.00. The van der Waals surface area contributed by atoms with E-state index in [-0.39, 0.29) is 0 Å². The molecule has 3 rings (SSSR count). The van der Waals surface area contributed by atoms with E-state index in [9.17, 15) is 0 Å². The first-order chi connectivity index (χ1) is 10.4. The van der Waals surface area contributed by atoms with Crippen LogP contribution < -0.4 is 10.1 Å². The van der Waals surface area contributed by atoms with Gasteiger partial charge in [0, 0.05) is 18.2 Å². The zero-order chi connectivity index (χ0) is 14.5. The highest BCUT2D eigenvalue weighted by Gasteiger charge is 2.21. The molecule has 2 nitrogen and oxygen atoms in total. The molecule has 0 radical (unpaired) electrons. The Labute approximate surface area is 126 Å². The lowest BCUT2D eigenvalue weighted by molar-refractivity contribution is 0.356. The fourth-order valence-corrected chi connectivity index (χ4v) is 2.94. The predicted molar refractivity (Wildman–Crippen MR) is 86.5 cm³/mol. The van der Waals surface area contributed by atoms with Crippen LogP contribution in [0.15, 0.2) is 61.2 Å². The van der Waals surface area contributed by atoms with E-state index in [0.717, 1.165) is 12.3 Å². The Morgan fingerprint density at radius 2 is 1.95 bits per heavy atom. The molecular weight excluding hydrogens is 258 g/mol. The van der Waals surface area contributed by atoms with E-state index in [0.29, 0.717) is 12.6 Å². The van der Waals surface area contributed by atoms with E-state index in [1.165, 1.54) is 29.5 Å². The second-order valence-corrected chi connectivity index (χ2v) is 5.38. The van der Waals surface area contributed by atoms with Gasteiger partial charge in [0.05, 0.1) is 0 Å². The summed E-state index contributed by atoms with van der Waals surface area (Å²) in [6.45, 7) is 5.07. The van der Waals surface area contributed by atoms with Crippen LogP contribution in [0.2, 0.25) is 0 Å². The van der Waals surface area contributed by atoms with Crippen LogP contribution in [0, 0.1) is 0 Å². The zero-order valence-corrected chi connectivity index (χ0v) is 12.2. The number of benzene rings is 2. The molecule has 108 valence electrons. The van der Waals surface area contributed by atoms with Gasteiger partial charge in [-0.15, -0.1) is 0 Å². The molecule has 0 saturated carbocycles. The lowest BCUT2D eigenvalue weighted by Gasteiger charge is -2.16. The standard InChI is InChI=1S/C19H21NO/c1-2-13-21-19-10-6-4-8-16(19)14-20-18-12-11-15-7-3-5-9-17(15)18/h2-10,18,20H,1,11-14H2. The first kappa shape index (κ1) is 13.9. The Morgan fingerprint density at radius 3 is 2.86 bits per heavy atom. The van der Waals surface area contributed by atoms with Crippen molar-refractivity contribution < 1.29 is 4.74 Å². The molecule has 0 aliphatic heterocycles. The molecule has 1 N–H and O–H groups in total. The van der Waals surface area contributed by atoms with Gasteiger partial charge in [0.25, 0.3) is 0 Å². The first-order valence-corrected chi connectivity index (χ1v) is 7.51. The van der Waals surface area contributed by atoms with Crippen LogP contribution in [0.4, 0.5) is 0 Å². The summed E-state index contributed by atoms with van der Waals surface area (Å²) < 4.78 is 5.71. The predicted octanol–water partition coefficient (Wildman–Crippen LogP) is 4.03. The lowest BCUT2D eigenvalue weighted by atomic mass is 10.1. The van der Waals surface area contributed by atoms with Gasteiger partial charge < -0.3 is 10.1 Å². The highest BCUT2D eigenvalue weighted by Crippen LogP contribution is 2.31. The number of hydrogen-bond donors (Lipinski definition) is 1. The molecule has 0 fully saturated rings. The molecule has 0 spiro atoms. The largest absolute Gasteiger partial charge is 0.489 e. The molecule has 1 aliphatic rings. The van der Waals surface area contributed by atoms with Gasteiger partial charge in [0.2, 0.25) is 0 Å². The second-order valence-electron chi connectivity index (χ2n) is 5.38. The van der Waals surface area contributed by atoms with Crippen LogP contribution in [0.5, 0.6) is 5.75 Å². The molecule has 1 atom stereocenters. The smallest absolute Gasteiger partial charge is 0.124 e. The Balaban J connectivity index is 1.67. The summed E-state index contributed by atoms with van der Waals surface area (Å²) in [5.74, 6) is 0.941. The monoisotopic (exact) mass is 279 g/mol. The first-order valence-electron chi connectivity index (χ1n) is 7.51. The van der Waals surface area contributed by atoms with Crippen LogP contribution >= 0.6 is 0 Å². The molecule has 0 saturated heterocycles. The Hall–Kier alpha value is -2.06. The Morgan fingerprint density at radius 1 is 1.14 bits per heavy atom. The van der Waals surface area contributed by atoms with Gasteiger partial charge in [-0.1, -0.05) is 55.1 Å². The third kappa shape index (κ3) is 3.17. The molecule has 2 aromatic rings. The Kier molecular flexibility index (Phi) is 4.37. The summed E-state index contributed by atoms with van der Waals surface area (Å²) in [5, 5.41) is 3.67. The summed E-state index contributed by atoms with van der Waals surface area (Å²) >= 11 is 0. The number of nitrogens with one attached hydrogen (secondary N) is 1. The SMILES string of the molecule is C=CCOc1ccccc1CNC1CCc2ccccc21. The number of fused-ring (bicyclic) bond motifs is 1. The highest BCUT2D eigenvalue weighted by atomic mass is 16.5. The quantitative estimate of drug-likeness (QED) is 0.806. The molecule has 0 heterocycles. The van der Waals surface area contributed by atoms with Gasteiger partial charge in [0.1, 0.15) is 12.4 Å². The van der Waals surface area contributed by atoms with Gasteiger partial charge in [-0.25, -0.2) is 0 Å². The van der Waals surface area contributed by atoms with Gasteiger partial charge in [-0.2, -0.15) is 0 Å². The van der Waals surface area contributed by atoms with Gasteiger partial charge in [-0.3, -0.25) is 0 Å². The van der Waals surface area contributed by atoms with Crippen molar-refractivity contribution in [1.29, 1.82) is 0 Å². The second kappa shape index (κ2) is 6.59. The summed E-state index contributed by atoms with van der Waals surface area (Å²) in [7, 11) is 0. The molecule has 0 aromatic heterocycles. The van der Waals surface area contributed by atoms with Crippen molar-refractivity contribution in [3.05, 3.63) is 77.9 Å². The minimum Gasteiger partial charge on any atom is -0.489 e. The average Bonchev–Trinajstić information content (AvgIpc) is 2.95. The lowest BCUT2D eigenvalue weighted by Crippen LogP contribution is -2.19. The molecule has 2 aromatic carbocycles. The van der Waals surface area contributed by atoms with E-state index in [1.54, 1.807) is 6.08 Å². The number of rotatable bonds is 6. The fraction of sp³-hybridized carbons (Fsp3) is 0.263. The van der Waals surface area contributed by atoms with Crippen LogP contribution in [0.25, 0.3) is 0 Å². The van der Waals surface area contributed by atoms with Crippen LogP contribution in [0.1, 0.15) is 29.2 Å². The molecule has 21 heavy (non-hydrogen) atoms. The Bertz CT molecular complexity index is 620. The van der Waals surface area contributed by atoms with E-state index < -0.39 is 0 Å². The van der Waals surface area contributed by atoms with E-state index >= 15 is 0 Å². The van der Waals surface area contributed by atoms with Crippen molar-refractivity contribution in [1.82, 2.24) is 5.32 Å². The minimum absolute atomic E-state index is 0.452. The van der Waals surface area contributed by atoms with Gasteiger partial charge in [-0.05, 0) is 30.0 Å². The number of aryl methyl sites for hydroxylation is 1. The van der Waals surface area contributed by atoms with E-state index in [1.807, 2.05) is 12.1 Å². The average molecular weight is 279 g/mol. The normalized spacial score (nSPS) is 16.5. The molecule has 2 heteroatoms. The van der Waals surface area contributed by atoms with E-state index in [2.05, 4.69) is 48.3 Å². The number of para-hydroxylation sites is 1. The highest BCUT2D eigenvalue weighted by molar-refractivity contribution is 5.36. The van der Waals surface area contributed by atoms with Gasteiger partial charge >= 0.3 is 0 Å². The van der Waals surface area contributed by atoms with Crippen LogP contribution in [0.3, 0.4) is 0 Å². The van der Waals surface area contributed by atoms with Crippen molar-refractivity contribution in [3.8, 4) is 5.75 Å².